The second kappa shape index (κ2) is 4.54. The zero-order chi connectivity index (χ0) is 14.4. The lowest BCUT2D eigenvalue weighted by atomic mass is 10.1. The predicted molar refractivity (Wildman–Crippen MR) is 60.1 cm³/mol. The molecule has 106 valence electrons. The lowest BCUT2D eigenvalue weighted by molar-refractivity contribution is -0.254. The number of nitrogens with zero attached hydrogens (tertiary/aromatic N) is 2. The minimum Gasteiger partial charge on any atom is -0.391 e. The molecule has 4 N–H and O–H groups in total. The van der Waals surface area contributed by atoms with E-state index in [1.807, 2.05) is 0 Å². The average molecular weight is 274 g/mol. The first kappa shape index (κ1) is 13.9. The first-order valence-corrected chi connectivity index (χ1v) is 5.47. The molecule has 1 aliphatic heterocycles. The molecule has 0 aromatic carbocycles. The SMILES string of the molecule is Cn1c(=O)ccn([C@H]2O[C@@](O)(CO)C(O)C2O)c1=O. The summed E-state index contributed by atoms with van der Waals surface area (Å²) in [6, 6.07) is 1.07. The van der Waals surface area contributed by atoms with Crippen molar-refractivity contribution in [3.63, 3.8) is 0 Å². The van der Waals surface area contributed by atoms with E-state index in [-0.39, 0.29) is 0 Å². The molecule has 0 aliphatic carbocycles. The summed E-state index contributed by atoms with van der Waals surface area (Å²) in [6.45, 7) is -0.956. The molecule has 1 aliphatic rings. The predicted octanol–water partition coefficient (Wildman–Crippen LogP) is -3.52. The second-order valence-corrected chi connectivity index (χ2v) is 4.35. The number of rotatable bonds is 2. The van der Waals surface area contributed by atoms with Gasteiger partial charge in [-0.1, -0.05) is 0 Å². The quantitative estimate of drug-likeness (QED) is 0.439. The molecule has 0 spiro atoms. The summed E-state index contributed by atoms with van der Waals surface area (Å²) >= 11 is 0. The van der Waals surface area contributed by atoms with Crippen molar-refractivity contribution in [2.75, 3.05) is 6.61 Å². The van der Waals surface area contributed by atoms with E-state index in [2.05, 4.69) is 0 Å². The van der Waals surface area contributed by atoms with Gasteiger partial charge >= 0.3 is 5.69 Å². The summed E-state index contributed by atoms with van der Waals surface area (Å²) in [5.74, 6) is -2.36. The van der Waals surface area contributed by atoms with E-state index in [1.165, 1.54) is 7.05 Å². The van der Waals surface area contributed by atoms with Crippen LogP contribution in [0.2, 0.25) is 0 Å². The van der Waals surface area contributed by atoms with Gasteiger partial charge in [0, 0.05) is 19.3 Å². The van der Waals surface area contributed by atoms with E-state index >= 15 is 0 Å². The number of hydrogen-bond donors (Lipinski definition) is 4. The monoisotopic (exact) mass is 274 g/mol. The maximum absolute atomic E-state index is 11.8. The molecule has 9 heteroatoms. The zero-order valence-electron chi connectivity index (χ0n) is 10.0. The van der Waals surface area contributed by atoms with Gasteiger partial charge in [-0.15, -0.1) is 0 Å². The van der Waals surface area contributed by atoms with E-state index in [0.29, 0.717) is 0 Å². The van der Waals surface area contributed by atoms with Crippen molar-refractivity contribution >= 4 is 0 Å². The molecule has 0 radical (unpaired) electrons. The van der Waals surface area contributed by atoms with E-state index < -0.39 is 42.1 Å². The van der Waals surface area contributed by atoms with Gasteiger partial charge in [0.15, 0.2) is 6.23 Å². The fraction of sp³-hybridized carbons (Fsp3) is 0.600. The highest BCUT2D eigenvalue weighted by molar-refractivity contribution is 4.96. The molecule has 0 amide bonds. The van der Waals surface area contributed by atoms with Crippen LogP contribution < -0.4 is 11.2 Å². The number of aliphatic hydroxyl groups is 4. The molecular formula is C10H14N2O7. The Morgan fingerprint density at radius 2 is 2.05 bits per heavy atom. The van der Waals surface area contributed by atoms with Crippen LogP contribution in [-0.4, -0.2) is 54.2 Å². The smallest absolute Gasteiger partial charge is 0.332 e. The first-order chi connectivity index (χ1) is 8.81. The summed E-state index contributed by atoms with van der Waals surface area (Å²) in [5.41, 5.74) is -1.34. The van der Waals surface area contributed by atoms with Crippen molar-refractivity contribution in [3.05, 3.63) is 33.1 Å². The van der Waals surface area contributed by atoms with Crippen molar-refractivity contribution in [2.45, 2.75) is 24.2 Å². The molecule has 1 aromatic rings. The molecule has 19 heavy (non-hydrogen) atoms. The Kier molecular flexibility index (Phi) is 3.32. The maximum Gasteiger partial charge on any atom is 0.332 e. The minimum absolute atomic E-state index is 0.549. The Labute approximate surface area is 106 Å². The van der Waals surface area contributed by atoms with E-state index in [1.54, 1.807) is 0 Å². The van der Waals surface area contributed by atoms with Crippen LogP contribution in [0.25, 0.3) is 0 Å². The van der Waals surface area contributed by atoms with Crippen LogP contribution in [0, 0.1) is 0 Å². The van der Waals surface area contributed by atoms with Gasteiger partial charge < -0.3 is 25.2 Å². The highest BCUT2D eigenvalue weighted by atomic mass is 16.7. The van der Waals surface area contributed by atoms with Crippen molar-refractivity contribution in [2.24, 2.45) is 7.05 Å². The molecule has 0 bridgehead atoms. The lowest BCUT2D eigenvalue weighted by Gasteiger charge is -2.22. The van der Waals surface area contributed by atoms with Crippen LogP contribution in [-0.2, 0) is 11.8 Å². The van der Waals surface area contributed by atoms with Gasteiger partial charge in [-0.2, -0.15) is 0 Å². The van der Waals surface area contributed by atoms with Crippen molar-refractivity contribution < 1.29 is 25.2 Å². The molecule has 2 heterocycles. The van der Waals surface area contributed by atoms with Gasteiger partial charge in [0.1, 0.15) is 12.2 Å². The number of aromatic nitrogens is 2. The van der Waals surface area contributed by atoms with Crippen molar-refractivity contribution in [1.29, 1.82) is 0 Å². The van der Waals surface area contributed by atoms with Gasteiger partial charge in [0.25, 0.3) is 5.56 Å². The molecule has 4 atom stereocenters. The summed E-state index contributed by atoms with van der Waals surface area (Å²) in [5, 5.41) is 38.0. The Morgan fingerprint density at radius 3 is 2.58 bits per heavy atom. The maximum atomic E-state index is 11.8. The summed E-state index contributed by atoms with van der Waals surface area (Å²) in [4.78, 5) is 23.1. The Hall–Kier alpha value is -1.52. The van der Waals surface area contributed by atoms with Crippen molar-refractivity contribution in [3.8, 4) is 0 Å². The van der Waals surface area contributed by atoms with Gasteiger partial charge in [0.2, 0.25) is 5.79 Å². The average Bonchev–Trinajstić information content (AvgIpc) is 2.62. The number of aliphatic hydroxyl groups excluding tert-OH is 3. The van der Waals surface area contributed by atoms with Crippen LogP contribution in [0.15, 0.2) is 21.9 Å². The van der Waals surface area contributed by atoms with Crippen LogP contribution in [0.5, 0.6) is 0 Å². The fourth-order valence-electron chi connectivity index (χ4n) is 1.90. The van der Waals surface area contributed by atoms with E-state index in [0.717, 1.165) is 21.4 Å². The third kappa shape index (κ3) is 2.01. The van der Waals surface area contributed by atoms with Crippen LogP contribution >= 0.6 is 0 Å². The van der Waals surface area contributed by atoms with Crippen LogP contribution in [0.3, 0.4) is 0 Å². The normalized spacial score (nSPS) is 34.7. The molecule has 1 aromatic heterocycles. The molecule has 1 fully saturated rings. The topological polar surface area (TPSA) is 134 Å². The second-order valence-electron chi connectivity index (χ2n) is 4.35. The minimum atomic E-state index is -2.36. The Morgan fingerprint density at radius 1 is 1.42 bits per heavy atom. The molecular weight excluding hydrogens is 260 g/mol. The third-order valence-corrected chi connectivity index (χ3v) is 3.12. The molecule has 1 saturated heterocycles. The highest BCUT2D eigenvalue weighted by Gasteiger charge is 2.54. The first-order valence-electron chi connectivity index (χ1n) is 5.47. The van der Waals surface area contributed by atoms with Crippen LogP contribution in [0.4, 0.5) is 0 Å². The zero-order valence-corrected chi connectivity index (χ0v) is 10.0. The van der Waals surface area contributed by atoms with E-state index in [9.17, 15) is 24.9 Å². The highest BCUT2D eigenvalue weighted by Crippen LogP contribution is 2.34. The van der Waals surface area contributed by atoms with Gasteiger partial charge in [-0.05, 0) is 0 Å². The molecule has 2 rings (SSSR count). The third-order valence-electron chi connectivity index (χ3n) is 3.12. The van der Waals surface area contributed by atoms with Gasteiger partial charge in [-0.3, -0.25) is 13.9 Å². The largest absolute Gasteiger partial charge is 0.391 e. The Bertz CT molecular complexity index is 594. The fourth-order valence-corrected chi connectivity index (χ4v) is 1.90. The lowest BCUT2D eigenvalue weighted by Crippen LogP contribution is -2.46. The molecule has 0 saturated carbocycles. The number of hydrogen-bond acceptors (Lipinski definition) is 7. The van der Waals surface area contributed by atoms with Crippen molar-refractivity contribution in [1.82, 2.24) is 9.13 Å². The molecule has 2 unspecified atom stereocenters. The van der Waals surface area contributed by atoms with Crippen LogP contribution in [0.1, 0.15) is 6.23 Å². The standard InChI is InChI=1S/C10H14N2O7/c1-11-5(14)2-3-12(9(11)17)8-6(15)7(16)10(18,4-13)19-8/h2-3,6-8,13,15-16,18H,4H2,1H3/t6?,7?,8-,10-/m0/s1. The number of ether oxygens (including phenoxy) is 1. The summed E-state index contributed by atoms with van der Waals surface area (Å²) in [6.07, 6.45) is -3.75. The molecule has 9 nitrogen and oxygen atoms in total. The summed E-state index contributed by atoms with van der Waals surface area (Å²) in [7, 11) is 1.23. The van der Waals surface area contributed by atoms with E-state index in [4.69, 9.17) is 9.84 Å². The summed E-state index contributed by atoms with van der Waals surface area (Å²) < 4.78 is 6.56. The Balaban J connectivity index is 2.48. The van der Waals surface area contributed by atoms with Gasteiger partial charge in [0.05, 0.1) is 6.61 Å². The van der Waals surface area contributed by atoms with Gasteiger partial charge in [-0.25, -0.2) is 4.79 Å².